The van der Waals surface area contributed by atoms with Crippen LogP contribution in [0.4, 0.5) is 0 Å². The van der Waals surface area contributed by atoms with Crippen LogP contribution in [0.3, 0.4) is 0 Å². The van der Waals surface area contributed by atoms with Gasteiger partial charge >= 0.3 is 0 Å². The van der Waals surface area contributed by atoms with Gasteiger partial charge in [-0.25, -0.2) is 8.42 Å². The van der Waals surface area contributed by atoms with Crippen LogP contribution in [-0.2, 0) is 10.0 Å². The zero-order valence-electron chi connectivity index (χ0n) is 16.3. The maximum Gasteiger partial charge on any atom is 0.261 e. The van der Waals surface area contributed by atoms with E-state index < -0.39 is 21.8 Å². The summed E-state index contributed by atoms with van der Waals surface area (Å²) in [5.74, 6) is -1.03. The van der Waals surface area contributed by atoms with Gasteiger partial charge in [-0.2, -0.15) is 4.31 Å². The molecule has 0 radical (unpaired) electrons. The van der Waals surface area contributed by atoms with Gasteiger partial charge in [-0.15, -0.1) is 0 Å². The number of hydrogen-bond donors (Lipinski definition) is 0. The van der Waals surface area contributed by atoms with Gasteiger partial charge in [0, 0.05) is 18.6 Å². The van der Waals surface area contributed by atoms with Crippen molar-refractivity contribution in [1.29, 1.82) is 0 Å². The van der Waals surface area contributed by atoms with Crippen LogP contribution in [0.2, 0.25) is 0 Å². The molecule has 1 fully saturated rings. The van der Waals surface area contributed by atoms with Crippen LogP contribution in [0.1, 0.15) is 72.2 Å². The Morgan fingerprint density at radius 1 is 1.07 bits per heavy atom. The van der Waals surface area contributed by atoms with E-state index in [0.717, 1.165) is 42.6 Å². The molecule has 1 aromatic carbocycles. The molecule has 2 aliphatic rings. The number of amides is 2. The standard InChI is InChI=1S/C20H28N2O4S/c1-14(2)22(16-7-5-4-6-8-16)27(25,26)12-11-21-19(23)17-10-9-15(3)13-18(17)20(21)24/h9-10,13-14,16H,4-8,11-12H2,1-3H3. The molecule has 2 amide bonds. The smallest absolute Gasteiger partial charge is 0.261 e. The molecular formula is C20H28N2O4S. The Hall–Kier alpha value is -1.73. The number of aryl methyl sites for hydroxylation is 1. The molecule has 6 nitrogen and oxygen atoms in total. The third-order valence-electron chi connectivity index (χ3n) is 5.46. The third-order valence-corrected chi connectivity index (χ3v) is 7.52. The van der Waals surface area contributed by atoms with Gasteiger partial charge in [0.2, 0.25) is 10.0 Å². The van der Waals surface area contributed by atoms with Crippen LogP contribution in [0.5, 0.6) is 0 Å². The highest BCUT2D eigenvalue weighted by atomic mass is 32.2. The molecule has 0 atom stereocenters. The van der Waals surface area contributed by atoms with Crippen molar-refractivity contribution < 1.29 is 18.0 Å². The van der Waals surface area contributed by atoms with Gasteiger partial charge < -0.3 is 0 Å². The van der Waals surface area contributed by atoms with Crippen LogP contribution in [0.15, 0.2) is 18.2 Å². The number of sulfonamides is 1. The van der Waals surface area contributed by atoms with Crippen molar-refractivity contribution in [1.82, 2.24) is 9.21 Å². The van der Waals surface area contributed by atoms with E-state index in [2.05, 4.69) is 0 Å². The summed E-state index contributed by atoms with van der Waals surface area (Å²) >= 11 is 0. The van der Waals surface area contributed by atoms with Gasteiger partial charge in [0.25, 0.3) is 11.8 Å². The quantitative estimate of drug-likeness (QED) is 0.698. The van der Waals surface area contributed by atoms with Crippen LogP contribution >= 0.6 is 0 Å². The summed E-state index contributed by atoms with van der Waals surface area (Å²) in [6.07, 6.45) is 4.99. The predicted octanol–water partition coefficient (Wildman–Crippen LogP) is 2.96. The topological polar surface area (TPSA) is 74.8 Å². The molecule has 0 unspecified atom stereocenters. The number of imide groups is 1. The number of rotatable bonds is 6. The SMILES string of the molecule is Cc1ccc2c(c1)C(=O)N(CCS(=O)(=O)N(C(C)C)C1CCCCC1)C2=O. The monoisotopic (exact) mass is 392 g/mol. The van der Waals surface area contributed by atoms with Crippen LogP contribution in [0.25, 0.3) is 0 Å². The third kappa shape index (κ3) is 3.94. The number of carbonyl (C=O) groups is 2. The van der Waals surface area contributed by atoms with Crippen LogP contribution in [0, 0.1) is 6.92 Å². The molecular weight excluding hydrogens is 364 g/mol. The largest absolute Gasteiger partial charge is 0.273 e. The van der Waals surface area contributed by atoms with Crippen LogP contribution in [-0.4, -0.2) is 53.8 Å². The first-order valence-corrected chi connectivity index (χ1v) is 11.3. The minimum atomic E-state index is -3.56. The number of hydrogen-bond acceptors (Lipinski definition) is 4. The highest BCUT2D eigenvalue weighted by molar-refractivity contribution is 7.89. The van der Waals surface area contributed by atoms with Crippen LogP contribution < -0.4 is 0 Å². The Morgan fingerprint density at radius 2 is 1.70 bits per heavy atom. The first-order chi connectivity index (χ1) is 12.7. The van der Waals surface area contributed by atoms with E-state index in [1.807, 2.05) is 20.8 Å². The van der Waals surface area contributed by atoms with Gasteiger partial charge in [0.1, 0.15) is 0 Å². The second kappa shape index (κ2) is 7.72. The van der Waals surface area contributed by atoms with Crippen molar-refractivity contribution in [2.75, 3.05) is 12.3 Å². The predicted molar refractivity (Wildman–Crippen MR) is 104 cm³/mol. The number of carbonyl (C=O) groups excluding carboxylic acids is 2. The molecule has 0 spiro atoms. The summed E-state index contributed by atoms with van der Waals surface area (Å²) in [7, 11) is -3.56. The summed E-state index contributed by atoms with van der Waals surface area (Å²) in [6.45, 7) is 5.52. The van der Waals surface area contributed by atoms with Gasteiger partial charge in [0.05, 0.1) is 16.9 Å². The lowest BCUT2D eigenvalue weighted by Gasteiger charge is -2.36. The van der Waals surface area contributed by atoms with Gasteiger partial charge in [0.15, 0.2) is 0 Å². The minimum absolute atomic E-state index is 0.0218. The van der Waals surface area contributed by atoms with E-state index >= 15 is 0 Å². The van der Waals surface area contributed by atoms with Crippen molar-refractivity contribution in [3.63, 3.8) is 0 Å². The molecule has 0 aromatic heterocycles. The number of nitrogens with zero attached hydrogens (tertiary/aromatic N) is 2. The minimum Gasteiger partial charge on any atom is -0.273 e. The maximum absolute atomic E-state index is 13.0. The Morgan fingerprint density at radius 3 is 2.33 bits per heavy atom. The molecule has 1 aliphatic heterocycles. The van der Waals surface area contributed by atoms with Crippen molar-refractivity contribution in [3.8, 4) is 0 Å². The fraction of sp³-hybridized carbons (Fsp3) is 0.600. The van der Waals surface area contributed by atoms with E-state index in [-0.39, 0.29) is 24.4 Å². The van der Waals surface area contributed by atoms with Gasteiger partial charge in [-0.3, -0.25) is 14.5 Å². The molecule has 1 saturated carbocycles. The molecule has 1 aliphatic carbocycles. The second-order valence-corrected chi connectivity index (χ2v) is 9.84. The molecule has 148 valence electrons. The average molecular weight is 393 g/mol. The van der Waals surface area contributed by atoms with Crippen molar-refractivity contribution >= 4 is 21.8 Å². The Balaban J connectivity index is 1.75. The molecule has 1 heterocycles. The summed E-state index contributed by atoms with van der Waals surface area (Å²) in [5, 5.41) is 0. The molecule has 3 rings (SSSR count). The second-order valence-electron chi connectivity index (χ2n) is 7.84. The maximum atomic E-state index is 13.0. The first-order valence-electron chi connectivity index (χ1n) is 9.70. The van der Waals surface area contributed by atoms with Crippen molar-refractivity contribution in [2.24, 2.45) is 0 Å². The number of benzene rings is 1. The molecule has 27 heavy (non-hydrogen) atoms. The fourth-order valence-corrected chi connectivity index (χ4v) is 6.16. The van der Waals surface area contributed by atoms with Crippen molar-refractivity contribution in [2.45, 2.75) is 65.0 Å². The normalized spacial score (nSPS) is 18.6. The van der Waals surface area contributed by atoms with E-state index in [0.29, 0.717) is 11.1 Å². The highest BCUT2D eigenvalue weighted by Gasteiger charge is 2.38. The lowest BCUT2D eigenvalue weighted by atomic mass is 9.95. The summed E-state index contributed by atoms with van der Waals surface area (Å²) in [5.41, 5.74) is 1.62. The zero-order valence-corrected chi connectivity index (χ0v) is 17.1. The Labute approximate surface area is 161 Å². The molecule has 0 saturated heterocycles. The van der Waals surface area contributed by atoms with Gasteiger partial charge in [-0.1, -0.05) is 30.9 Å². The summed E-state index contributed by atoms with van der Waals surface area (Å²) < 4.78 is 27.7. The Bertz CT molecular complexity index is 842. The Kier molecular flexibility index (Phi) is 5.72. The van der Waals surface area contributed by atoms with E-state index in [1.165, 1.54) is 0 Å². The van der Waals surface area contributed by atoms with E-state index in [9.17, 15) is 18.0 Å². The summed E-state index contributed by atoms with van der Waals surface area (Å²) in [6, 6.07) is 5.00. The summed E-state index contributed by atoms with van der Waals surface area (Å²) in [4.78, 5) is 26.2. The number of fused-ring (bicyclic) bond motifs is 1. The lowest BCUT2D eigenvalue weighted by Crippen LogP contribution is -2.48. The highest BCUT2D eigenvalue weighted by Crippen LogP contribution is 2.28. The molecule has 0 N–H and O–H groups in total. The van der Waals surface area contributed by atoms with E-state index in [1.54, 1.807) is 22.5 Å². The molecule has 1 aromatic rings. The fourth-order valence-electron chi connectivity index (χ4n) is 4.23. The molecule has 7 heteroatoms. The van der Waals surface area contributed by atoms with Gasteiger partial charge in [-0.05, 0) is 45.7 Å². The lowest BCUT2D eigenvalue weighted by molar-refractivity contribution is 0.0663. The average Bonchev–Trinajstić information content (AvgIpc) is 2.84. The van der Waals surface area contributed by atoms with Crippen molar-refractivity contribution in [3.05, 3.63) is 34.9 Å². The first kappa shape index (κ1) is 20.0. The van der Waals surface area contributed by atoms with E-state index in [4.69, 9.17) is 0 Å². The molecule has 0 bridgehead atoms. The zero-order chi connectivity index (χ0) is 19.8.